The zero-order valence-corrected chi connectivity index (χ0v) is 11.4. The summed E-state index contributed by atoms with van der Waals surface area (Å²) in [5.74, 6) is 0. The van der Waals surface area contributed by atoms with E-state index < -0.39 is 0 Å². The fourth-order valence-corrected chi connectivity index (χ4v) is 2.30. The molecule has 4 heteroatoms. The second kappa shape index (κ2) is 4.37. The lowest BCUT2D eigenvalue weighted by molar-refractivity contribution is 0.979. The maximum absolute atomic E-state index is 5.29. The van der Waals surface area contributed by atoms with Gasteiger partial charge in [-0.05, 0) is 43.8 Å². The zero-order valence-electron chi connectivity index (χ0n) is 10.6. The molecule has 0 bridgehead atoms. The molecule has 0 aliphatic heterocycles. The number of aromatic nitrogens is 2. The molecule has 0 aliphatic carbocycles. The van der Waals surface area contributed by atoms with Crippen molar-refractivity contribution in [1.82, 2.24) is 9.55 Å². The van der Waals surface area contributed by atoms with Gasteiger partial charge in [-0.3, -0.25) is 4.57 Å². The topological polar surface area (TPSA) is 24.0 Å². The highest BCUT2D eigenvalue weighted by atomic mass is 32.1. The number of rotatable bonds is 2. The van der Waals surface area contributed by atoms with Crippen LogP contribution < -0.4 is 4.90 Å². The van der Waals surface area contributed by atoms with Gasteiger partial charge in [0.15, 0.2) is 4.77 Å². The van der Waals surface area contributed by atoms with Crippen LogP contribution in [0.15, 0.2) is 24.4 Å². The predicted molar refractivity (Wildman–Crippen MR) is 74.8 cm³/mol. The van der Waals surface area contributed by atoms with Gasteiger partial charge in [-0.2, -0.15) is 0 Å². The van der Waals surface area contributed by atoms with Crippen LogP contribution in [0.25, 0.3) is 5.69 Å². The number of aryl methyl sites for hydroxylation is 2. The van der Waals surface area contributed by atoms with E-state index in [2.05, 4.69) is 49.1 Å². The Kier molecular flexibility index (Phi) is 3.07. The van der Waals surface area contributed by atoms with E-state index in [-0.39, 0.29) is 0 Å². The second-order valence-electron chi connectivity index (χ2n) is 4.44. The SMILES string of the molecule is Cc1ccc(-n2c(C)c[nH]c2=S)cc1N(C)C. The lowest BCUT2D eigenvalue weighted by atomic mass is 10.1. The third kappa shape index (κ3) is 2.13. The van der Waals surface area contributed by atoms with Crippen LogP contribution in [0.3, 0.4) is 0 Å². The Morgan fingerprint density at radius 1 is 1.24 bits per heavy atom. The van der Waals surface area contributed by atoms with Crippen LogP contribution in [0.2, 0.25) is 0 Å². The normalized spacial score (nSPS) is 10.6. The Labute approximate surface area is 107 Å². The number of nitrogens with zero attached hydrogens (tertiary/aromatic N) is 2. The van der Waals surface area contributed by atoms with Crippen LogP contribution in [0.5, 0.6) is 0 Å². The third-order valence-electron chi connectivity index (χ3n) is 2.89. The highest BCUT2D eigenvalue weighted by molar-refractivity contribution is 7.71. The monoisotopic (exact) mass is 247 g/mol. The van der Waals surface area contributed by atoms with Gasteiger partial charge in [0.1, 0.15) is 0 Å². The predicted octanol–water partition coefficient (Wildman–Crippen LogP) is 3.22. The van der Waals surface area contributed by atoms with Gasteiger partial charge in [0.25, 0.3) is 0 Å². The summed E-state index contributed by atoms with van der Waals surface area (Å²) in [6, 6.07) is 6.38. The largest absolute Gasteiger partial charge is 0.377 e. The number of nitrogens with one attached hydrogen (secondary N) is 1. The van der Waals surface area contributed by atoms with E-state index >= 15 is 0 Å². The van der Waals surface area contributed by atoms with Crippen molar-refractivity contribution < 1.29 is 0 Å². The number of H-pyrrole nitrogens is 1. The summed E-state index contributed by atoms with van der Waals surface area (Å²) in [6.45, 7) is 4.16. The van der Waals surface area contributed by atoms with Crippen molar-refractivity contribution in [2.24, 2.45) is 0 Å². The van der Waals surface area contributed by atoms with Gasteiger partial charge >= 0.3 is 0 Å². The molecule has 0 saturated carbocycles. The Bertz CT molecular complexity index is 593. The standard InChI is InChI=1S/C13H17N3S/c1-9-5-6-11(7-12(9)15(3)4)16-10(2)8-14-13(16)17/h5-8H,1-4H3,(H,14,17). The molecule has 0 spiro atoms. The van der Waals surface area contributed by atoms with Crippen molar-refractivity contribution in [3.8, 4) is 5.69 Å². The minimum absolute atomic E-state index is 0.732. The first kappa shape index (κ1) is 11.9. The summed E-state index contributed by atoms with van der Waals surface area (Å²) >= 11 is 5.29. The van der Waals surface area contributed by atoms with E-state index in [0.717, 1.165) is 16.2 Å². The van der Waals surface area contributed by atoms with Crippen molar-refractivity contribution in [3.63, 3.8) is 0 Å². The highest BCUT2D eigenvalue weighted by Gasteiger charge is 2.06. The smallest absolute Gasteiger partial charge is 0.182 e. The molecule has 0 atom stereocenters. The van der Waals surface area contributed by atoms with Crippen LogP contribution in [-0.2, 0) is 0 Å². The molecule has 1 aromatic carbocycles. The van der Waals surface area contributed by atoms with Crippen LogP contribution in [0.1, 0.15) is 11.3 Å². The van der Waals surface area contributed by atoms with Crippen LogP contribution in [0.4, 0.5) is 5.69 Å². The van der Waals surface area contributed by atoms with Gasteiger partial charge in [-0.1, -0.05) is 6.07 Å². The van der Waals surface area contributed by atoms with Gasteiger partial charge in [0.05, 0.1) is 5.69 Å². The van der Waals surface area contributed by atoms with Crippen molar-refractivity contribution >= 4 is 17.9 Å². The average Bonchev–Trinajstić information content (AvgIpc) is 2.59. The van der Waals surface area contributed by atoms with Crippen molar-refractivity contribution in [1.29, 1.82) is 0 Å². The number of hydrogen-bond donors (Lipinski definition) is 1. The Morgan fingerprint density at radius 3 is 2.47 bits per heavy atom. The first-order valence-electron chi connectivity index (χ1n) is 5.56. The van der Waals surface area contributed by atoms with E-state index in [9.17, 15) is 0 Å². The average molecular weight is 247 g/mol. The molecule has 0 fully saturated rings. The molecule has 2 aromatic rings. The number of imidazole rings is 1. The molecule has 3 nitrogen and oxygen atoms in total. The Balaban J connectivity index is 2.62. The molecule has 17 heavy (non-hydrogen) atoms. The molecule has 2 rings (SSSR count). The summed E-state index contributed by atoms with van der Waals surface area (Å²) < 4.78 is 2.78. The molecule has 0 aliphatic rings. The van der Waals surface area contributed by atoms with Crippen molar-refractivity contribution in [2.45, 2.75) is 13.8 Å². The second-order valence-corrected chi connectivity index (χ2v) is 4.82. The maximum atomic E-state index is 5.29. The number of hydrogen-bond acceptors (Lipinski definition) is 2. The van der Waals surface area contributed by atoms with E-state index in [4.69, 9.17) is 12.2 Å². The molecular formula is C13H17N3S. The number of benzene rings is 1. The summed E-state index contributed by atoms with van der Waals surface area (Å²) in [5.41, 5.74) is 4.69. The fourth-order valence-electron chi connectivity index (χ4n) is 2.00. The van der Waals surface area contributed by atoms with E-state index in [1.165, 1.54) is 11.3 Å². The molecule has 1 aromatic heterocycles. The van der Waals surface area contributed by atoms with Crippen LogP contribution >= 0.6 is 12.2 Å². The van der Waals surface area contributed by atoms with Crippen molar-refractivity contribution in [3.05, 3.63) is 40.4 Å². The quantitative estimate of drug-likeness (QED) is 0.824. The fraction of sp³-hybridized carbons (Fsp3) is 0.308. The zero-order chi connectivity index (χ0) is 12.6. The summed E-state index contributed by atoms with van der Waals surface area (Å²) in [6.07, 6.45) is 1.93. The Morgan fingerprint density at radius 2 is 1.94 bits per heavy atom. The molecule has 90 valence electrons. The minimum atomic E-state index is 0.732. The molecule has 0 amide bonds. The first-order valence-corrected chi connectivity index (χ1v) is 5.97. The minimum Gasteiger partial charge on any atom is -0.377 e. The van der Waals surface area contributed by atoms with Crippen LogP contribution in [0, 0.1) is 18.6 Å². The van der Waals surface area contributed by atoms with E-state index in [0.29, 0.717) is 0 Å². The lowest BCUT2D eigenvalue weighted by Gasteiger charge is -2.17. The molecule has 0 radical (unpaired) electrons. The molecular weight excluding hydrogens is 230 g/mol. The highest BCUT2D eigenvalue weighted by Crippen LogP contribution is 2.22. The third-order valence-corrected chi connectivity index (χ3v) is 3.19. The summed E-state index contributed by atoms with van der Waals surface area (Å²) in [4.78, 5) is 5.18. The van der Waals surface area contributed by atoms with Crippen molar-refractivity contribution in [2.75, 3.05) is 19.0 Å². The van der Waals surface area contributed by atoms with Gasteiger partial charge in [-0.25, -0.2) is 0 Å². The lowest BCUT2D eigenvalue weighted by Crippen LogP contribution is -2.11. The van der Waals surface area contributed by atoms with Gasteiger partial charge in [-0.15, -0.1) is 0 Å². The van der Waals surface area contributed by atoms with Gasteiger partial charge < -0.3 is 9.88 Å². The summed E-state index contributed by atoms with van der Waals surface area (Å²) in [5, 5.41) is 0. The molecule has 1 heterocycles. The van der Waals surface area contributed by atoms with Gasteiger partial charge in [0.2, 0.25) is 0 Å². The molecule has 1 N–H and O–H groups in total. The first-order chi connectivity index (χ1) is 8.00. The number of aromatic amines is 1. The van der Waals surface area contributed by atoms with E-state index in [1.54, 1.807) is 0 Å². The maximum Gasteiger partial charge on any atom is 0.182 e. The Hall–Kier alpha value is -1.55. The number of anilines is 1. The van der Waals surface area contributed by atoms with Gasteiger partial charge in [0, 0.05) is 31.7 Å². The van der Waals surface area contributed by atoms with Crippen LogP contribution in [-0.4, -0.2) is 23.6 Å². The molecule has 0 unspecified atom stereocenters. The van der Waals surface area contributed by atoms with E-state index in [1.807, 2.05) is 17.7 Å². The summed E-state index contributed by atoms with van der Waals surface area (Å²) in [7, 11) is 4.10. The molecule has 0 saturated heterocycles.